The second-order valence-electron chi connectivity index (χ2n) is 13.9. The van der Waals surface area contributed by atoms with Crippen LogP contribution in [0.4, 0.5) is 0 Å². The van der Waals surface area contributed by atoms with Gasteiger partial charge in [0.25, 0.3) is 0 Å². The van der Waals surface area contributed by atoms with E-state index in [-0.39, 0.29) is 17.2 Å². The lowest BCUT2D eigenvalue weighted by atomic mass is 9.36. The van der Waals surface area contributed by atoms with Crippen LogP contribution in [-0.4, -0.2) is 0 Å². The van der Waals surface area contributed by atoms with Crippen molar-refractivity contribution in [1.29, 1.82) is 0 Å². The van der Waals surface area contributed by atoms with Gasteiger partial charge in [-0.15, -0.1) is 0 Å². The summed E-state index contributed by atoms with van der Waals surface area (Å²) in [4.78, 5) is 0. The van der Waals surface area contributed by atoms with E-state index >= 15 is 0 Å². The maximum atomic E-state index is 9.64. The topological polar surface area (TPSA) is 0 Å². The van der Waals surface area contributed by atoms with Gasteiger partial charge in [0, 0.05) is 6.79 Å². The smallest absolute Gasteiger partial charge is 0.0276 e. The van der Waals surface area contributed by atoms with Crippen molar-refractivity contribution >= 4 is 0 Å². The van der Waals surface area contributed by atoms with Crippen molar-refractivity contribution in [1.82, 2.24) is 0 Å². The zero-order chi connectivity index (χ0) is 22.5. The van der Waals surface area contributed by atoms with Crippen molar-refractivity contribution < 1.29 is 1.37 Å². The third-order valence-corrected chi connectivity index (χ3v) is 12.4. The fourth-order valence-electron chi connectivity index (χ4n) is 9.79. The van der Waals surface area contributed by atoms with Gasteiger partial charge in [-0.05, 0) is 105 Å². The Labute approximate surface area is 187 Å². The summed E-state index contributed by atoms with van der Waals surface area (Å²) in [5.41, 5.74) is 11.6. The zero-order valence-corrected chi connectivity index (χ0v) is 21.0. The Kier molecular flexibility index (Phi) is 3.38. The third kappa shape index (κ3) is 1.94. The van der Waals surface area contributed by atoms with Crippen LogP contribution in [0.3, 0.4) is 0 Å². The fraction of sp³-hybridized carbons (Fsp3) is 0.800. The molecule has 0 aliphatic heterocycles. The van der Waals surface area contributed by atoms with Crippen molar-refractivity contribution in [2.24, 2.45) is 51.2 Å². The Morgan fingerprint density at radius 2 is 1.17 bits per heavy atom. The average Bonchev–Trinajstić information content (AvgIpc) is 2.67. The van der Waals surface area contributed by atoms with E-state index in [2.05, 4.69) is 62.3 Å². The molecule has 9 aliphatic rings. The molecule has 7 unspecified atom stereocenters. The lowest BCUT2D eigenvalue weighted by Gasteiger charge is -2.69. The van der Waals surface area contributed by atoms with Gasteiger partial charge in [-0.25, -0.2) is 0 Å². The number of rotatable bonds is 2. The summed E-state index contributed by atoms with van der Waals surface area (Å²) < 4.78 is 9.64. The minimum absolute atomic E-state index is 0.0627. The molecule has 9 rings (SSSR count). The van der Waals surface area contributed by atoms with Gasteiger partial charge in [0.2, 0.25) is 0 Å². The molecule has 6 bridgehead atoms. The largest absolute Gasteiger partial charge is 0.0695 e. The van der Waals surface area contributed by atoms with E-state index in [1.807, 2.05) is 0 Å². The quantitative estimate of drug-likeness (QED) is 0.404. The minimum atomic E-state index is 0.0627. The lowest BCUT2D eigenvalue weighted by molar-refractivity contribution is -0.0426. The third-order valence-electron chi connectivity index (χ3n) is 12.4. The van der Waals surface area contributed by atoms with Crippen LogP contribution in [-0.2, 0) is 0 Å². The van der Waals surface area contributed by atoms with Gasteiger partial charge in [-0.3, -0.25) is 0 Å². The predicted octanol–water partition coefficient (Wildman–Crippen LogP) is 8.50. The molecule has 0 nitrogen and oxygen atoms in total. The summed E-state index contributed by atoms with van der Waals surface area (Å²) in [5.74, 6) is 3.32. The second kappa shape index (κ2) is 5.40. The Balaban J connectivity index is 1.57. The van der Waals surface area contributed by atoms with E-state index < -0.39 is 0 Å². The average molecular weight is 406 g/mol. The normalized spacial score (nSPS) is 49.8. The maximum Gasteiger partial charge on any atom is 0.0276 e. The van der Waals surface area contributed by atoms with Crippen LogP contribution in [0.25, 0.3) is 0 Å². The molecular formula is C30H44. The number of hydrogen-bond donors (Lipinski definition) is 0. The SMILES string of the molecule is [2H]C1C2CC(=C(C)C1C1(C3CC4CC(=C3C)C4(C)C)CC3CC(=C1C)C3(C)C)C2(C)C. The summed E-state index contributed by atoms with van der Waals surface area (Å²) in [6.45, 7) is 22.3. The standard InChI is InChI=1S/C30H44/c1-16-22-10-19(27(22,4)5)12-24(16)30(15-21-14-26(18(30)3)29(21,8)9)25-13-20-11-23(17(25)2)28(20,6)7/h19-21,24-25H,10-15H2,1-9H3/i12D. The molecule has 9 aliphatic carbocycles. The van der Waals surface area contributed by atoms with Crippen molar-refractivity contribution in [3.63, 3.8) is 0 Å². The van der Waals surface area contributed by atoms with Crippen LogP contribution in [0.15, 0.2) is 33.4 Å². The van der Waals surface area contributed by atoms with E-state index in [1.165, 1.54) is 32.1 Å². The summed E-state index contributed by atoms with van der Waals surface area (Å²) >= 11 is 0. The first kappa shape index (κ1) is 18.8. The van der Waals surface area contributed by atoms with E-state index in [0.717, 1.165) is 11.8 Å². The molecule has 30 heavy (non-hydrogen) atoms. The highest BCUT2D eigenvalue weighted by molar-refractivity contribution is 5.48. The molecule has 0 N–H and O–H groups in total. The van der Waals surface area contributed by atoms with Crippen molar-refractivity contribution in [3.05, 3.63) is 33.4 Å². The van der Waals surface area contributed by atoms with E-state index in [9.17, 15) is 1.37 Å². The molecule has 0 saturated heterocycles. The Morgan fingerprint density at radius 1 is 0.667 bits per heavy atom. The van der Waals surface area contributed by atoms with Crippen LogP contribution in [0.5, 0.6) is 0 Å². The summed E-state index contributed by atoms with van der Waals surface area (Å²) in [5, 5.41) is 0. The van der Waals surface area contributed by atoms with Crippen molar-refractivity contribution in [3.8, 4) is 0 Å². The van der Waals surface area contributed by atoms with Gasteiger partial charge in [0.1, 0.15) is 0 Å². The number of fused-ring (bicyclic) bond motifs is 8. The second-order valence-corrected chi connectivity index (χ2v) is 13.9. The highest BCUT2D eigenvalue weighted by Crippen LogP contribution is 2.75. The molecular weight excluding hydrogens is 360 g/mol. The lowest BCUT2D eigenvalue weighted by Crippen LogP contribution is -2.59. The first-order valence-electron chi connectivity index (χ1n) is 13.4. The molecule has 0 aromatic rings. The van der Waals surface area contributed by atoms with Crippen molar-refractivity contribution in [2.75, 3.05) is 0 Å². The Morgan fingerprint density at radius 3 is 1.63 bits per heavy atom. The van der Waals surface area contributed by atoms with Crippen LogP contribution < -0.4 is 0 Å². The number of allylic oxidation sites excluding steroid dienone is 6. The molecule has 3 saturated carbocycles. The minimum Gasteiger partial charge on any atom is -0.0695 e. The summed E-state index contributed by atoms with van der Waals surface area (Å²) in [6.07, 6.45) is 6.63. The number of hydrogen-bond acceptors (Lipinski definition) is 0. The highest BCUT2D eigenvalue weighted by Gasteiger charge is 2.65. The fourth-order valence-corrected chi connectivity index (χ4v) is 9.79. The molecule has 0 heterocycles. The molecule has 0 amide bonds. The first-order valence-corrected chi connectivity index (χ1v) is 12.8. The molecule has 0 aromatic carbocycles. The molecule has 164 valence electrons. The molecule has 7 atom stereocenters. The monoisotopic (exact) mass is 405 g/mol. The first-order chi connectivity index (χ1) is 14.3. The van der Waals surface area contributed by atoms with Gasteiger partial charge in [0.15, 0.2) is 0 Å². The van der Waals surface area contributed by atoms with E-state index in [4.69, 9.17) is 0 Å². The Hall–Kier alpha value is -0.780. The van der Waals surface area contributed by atoms with Crippen molar-refractivity contribution in [2.45, 2.75) is 101 Å². The van der Waals surface area contributed by atoms with Crippen LogP contribution in [0, 0.1) is 51.2 Å². The van der Waals surface area contributed by atoms with Gasteiger partial charge in [0.05, 0.1) is 0 Å². The van der Waals surface area contributed by atoms with Crippen LogP contribution in [0.2, 0.25) is 0 Å². The van der Waals surface area contributed by atoms with Gasteiger partial charge < -0.3 is 0 Å². The molecule has 0 heteroatoms. The Bertz CT molecular complexity index is 982. The summed E-state index contributed by atoms with van der Waals surface area (Å²) in [6, 6.07) is 0. The molecule has 0 radical (unpaired) electrons. The zero-order valence-electron chi connectivity index (χ0n) is 22.0. The van der Waals surface area contributed by atoms with E-state index in [1.54, 1.807) is 33.4 Å². The summed E-state index contributed by atoms with van der Waals surface area (Å²) in [7, 11) is 0. The molecule has 3 fully saturated rings. The van der Waals surface area contributed by atoms with Crippen LogP contribution in [0.1, 0.15) is 102 Å². The van der Waals surface area contributed by atoms with Gasteiger partial charge in [-0.1, -0.05) is 75.0 Å². The maximum absolute atomic E-state index is 9.64. The van der Waals surface area contributed by atoms with Crippen LogP contribution >= 0.6 is 0 Å². The van der Waals surface area contributed by atoms with E-state index in [0.29, 0.717) is 28.6 Å². The highest BCUT2D eigenvalue weighted by atomic mass is 14.7. The van der Waals surface area contributed by atoms with Gasteiger partial charge in [-0.2, -0.15) is 0 Å². The predicted molar refractivity (Wildman–Crippen MR) is 127 cm³/mol. The molecule has 0 aromatic heterocycles. The molecule has 0 spiro atoms. The van der Waals surface area contributed by atoms with Gasteiger partial charge >= 0.3 is 0 Å².